The Balaban J connectivity index is 2.91. The van der Waals surface area contributed by atoms with Gasteiger partial charge in [0.1, 0.15) is 5.75 Å². The highest BCUT2D eigenvalue weighted by molar-refractivity contribution is 5.35. The molecule has 1 rings (SSSR count). The number of rotatable bonds is 4. The summed E-state index contributed by atoms with van der Waals surface area (Å²) in [6, 6.07) is 8.48. The van der Waals surface area contributed by atoms with Crippen molar-refractivity contribution >= 4 is 0 Å². The maximum atomic E-state index is 5.73. The first-order chi connectivity index (χ1) is 6.65. The molecule has 0 aliphatic heterocycles. The van der Waals surface area contributed by atoms with E-state index in [0.29, 0.717) is 6.04 Å². The van der Waals surface area contributed by atoms with E-state index in [4.69, 9.17) is 4.74 Å². The molecule has 0 amide bonds. The SMILES string of the molecule is CNC(C)c1ccccc1OC(C)C. The van der Waals surface area contributed by atoms with Crippen molar-refractivity contribution in [2.24, 2.45) is 0 Å². The quantitative estimate of drug-likeness (QED) is 0.794. The molecule has 0 heterocycles. The molecule has 2 heteroatoms. The highest BCUT2D eigenvalue weighted by Crippen LogP contribution is 2.25. The van der Waals surface area contributed by atoms with Gasteiger partial charge in [-0.3, -0.25) is 0 Å². The van der Waals surface area contributed by atoms with Crippen LogP contribution in [0.15, 0.2) is 24.3 Å². The summed E-state index contributed by atoms with van der Waals surface area (Å²) in [6.07, 6.45) is 0.222. The Morgan fingerprint density at radius 1 is 1.14 bits per heavy atom. The number of hydrogen-bond acceptors (Lipinski definition) is 2. The highest BCUT2D eigenvalue weighted by atomic mass is 16.5. The first kappa shape index (κ1) is 11.1. The largest absolute Gasteiger partial charge is 0.491 e. The molecule has 1 aromatic carbocycles. The molecule has 0 spiro atoms. The van der Waals surface area contributed by atoms with E-state index in [2.05, 4.69) is 18.3 Å². The second kappa shape index (κ2) is 5.01. The van der Waals surface area contributed by atoms with Gasteiger partial charge in [0.25, 0.3) is 0 Å². The Bertz CT molecular complexity index is 283. The molecule has 0 aliphatic carbocycles. The number of nitrogens with one attached hydrogen (secondary N) is 1. The molecule has 1 atom stereocenters. The average Bonchev–Trinajstić information content (AvgIpc) is 2.16. The first-order valence-electron chi connectivity index (χ1n) is 5.08. The zero-order valence-electron chi connectivity index (χ0n) is 9.37. The van der Waals surface area contributed by atoms with Crippen molar-refractivity contribution in [3.8, 4) is 5.75 Å². The Morgan fingerprint density at radius 2 is 1.79 bits per heavy atom. The van der Waals surface area contributed by atoms with Crippen molar-refractivity contribution in [3.05, 3.63) is 29.8 Å². The van der Waals surface area contributed by atoms with Crippen molar-refractivity contribution in [1.82, 2.24) is 5.32 Å². The Hall–Kier alpha value is -1.02. The van der Waals surface area contributed by atoms with Gasteiger partial charge in [-0.15, -0.1) is 0 Å². The van der Waals surface area contributed by atoms with Crippen molar-refractivity contribution in [2.45, 2.75) is 32.9 Å². The lowest BCUT2D eigenvalue weighted by atomic mass is 10.1. The van der Waals surface area contributed by atoms with E-state index in [-0.39, 0.29) is 6.10 Å². The summed E-state index contributed by atoms with van der Waals surface area (Å²) in [5.74, 6) is 0.976. The summed E-state index contributed by atoms with van der Waals surface area (Å²) in [4.78, 5) is 0. The van der Waals surface area contributed by atoms with E-state index >= 15 is 0 Å². The zero-order valence-corrected chi connectivity index (χ0v) is 9.37. The molecule has 1 aromatic rings. The van der Waals surface area contributed by atoms with E-state index in [0.717, 1.165) is 5.75 Å². The summed E-state index contributed by atoms with van der Waals surface area (Å²) in [6.45, 7) is 6.21. The van der Waals surface area contributed by atoms with Crippen LogP contribution in [0, 0.1) is 0 Å². The molecule has 0 aliphatic rings. The fraction of sp³-hybridized carbons (Fsp3) is 0.500. The van der Waals surface area contributed by atoms with Gasteiger partial charge in [-0.2, -0.15) is 0 Å². The third-order valence-electron chi connectivity index (χ3n) is 2.18. The van der Waals surface area contributed by atoms with Crippen LogP contribution in [0.4, 0.5) is 0 Å². The van der Waals surface area contributed by atoms with E-state index < -0.39 is 0 Å². The van der Waals surface area contributed by atoms with Crippen LogP contribution in [0.1, 0.15) is 32.4 Å². The molecule has 14 heavy (non-hydrogen) atoms. The van der Waals surface area contributed by atoms with Crippen molar-refractivity contribution in [1.29, 1.82) is 0 Å². The minimum absolute atomic E-state index is 0.222. The van der Waals surface area contributed by atoms with Crippen molar-refractivity contribution in [3.63, 3.8) is 0 Å². The van der Waals surface area contributed by atoms with Crippen LogP contribution in [-0.4, -0.2) is 13.2 Å². The molecule has 78 valence electrons. The van der Waals surface area contributed by atoms with Crippen LogP contribution >= 0.6 is 0 Å². The molecule has 1 N–H and O–H groups in total. The van der Waals surface area contributed by atoms with Gasteiger partial charge in [-0.25, -0.2) is 0 Å². The van der Waals surface area contributed by atoms with Crippen LogP contribution < -0.4 is 10.1 Å². The lowest BCUT2D eigenvalue weighted by molar-refractivity contribution is 0.238. The Kier molecular flexibility index (Phi) is 3.96. The molecule has 0 bridgehead atoms. The summed E-state index contributed by atoms with van der Waals surface area (Å²) in [5, 5.41) is 3.21. The summed E-state index contributed by atoms with van der Waals surface area (Å²) in [7, 11) is 1.96. The second-order valence-corrected chi connectivity index (χ2v) is 3.71. The Morgan fingerprint density at radius 3 is 2.36 bits per heavy atom. The standard InChI is InChI=1S/C12H19NO/c1-9(2)14-12-8-6-5-7-11(12)10(3)13-4/h5-10,13H,1-4H3. The van der Waals surface area contributed by atoms with Gasteiger partial charge in [0.2, 0.25) is 0 Å². The van der Waals surface area contributed by atoms with Crippen LogP contribution in [0.2, 0.25) is 0 Å². The molecular formula is C12H19NO. The van der Waals surface area contributed by atoms with Gasteiger partial charge in [0.05, 0.1) is 6.10 Å². The van der Waals surface area contributed by atoms with Gasteiger partial charge in [-0.05, 0) is 33.9 Å². The Labute approximate surface area is 86.3 Å². The number of hydrogen-bond donors (Lipinski definition) is 1. The van der Waals surface area contributed by atoms with E-state index in [1.807, 2.05) is 39.1 Å². The summed E-state index contributed by atoms with van der Waals surface area (Å²) < 4.78 is 5.73. The molecule has 0 radical (unpaired) electrons. The zero-order chi connectivity index (χ0) is 10.6. The van der Waals surface area contributed by atoms with Gasteiger partial charge >= 0.3 is 0 Å². The topological polar surface area (TPSA) is 21.3 Å². The fourth-order valence-electron chi connectivity index (χ4n) is 1.36. The van der Waals surface area contributed by atoms with Gasteiger partial charge < -0.3 is 10.1 Å². The van der Waals surface area contributed by atoms with Crippen LogP contribution in [-0.2, 0) is 0 Å². The predicted molar refractivity (Wildman–Crippen MR) is 59.7 cm³/mol. The van der Waals surface area contributed by atoms with Crippen molar-refractivity contribution < 1.29 is 4.74 Å². The highest BCUT2D eigenvalue weighted by Gasteiger charge is 2.09. The second-order valence-electron chi connectivity index (χ2n) is 3.71. The fourth-order valence-corrected chi connectivity index (χ4v) is 1.36. The predicted octanol–water partition coefficient (Wildman–Crippen LogP) is 2.75. The number of para-hydroxylation sites is 1. The molecular weight excluding hydrogens is 174 g/mol. The lowest BCUT2D eigenvalue weighted by Gasteiger charge is -2.18. The monoisotopic (exact) mass is 193 g/mol. The smallest absolute Gasteiger partial charge is 0.124 e. The summed E-state index contributed by atoms with van der Waals surface area (Å²) >= 11 is 0. The molecule has 1 unspecified atom stereocenters. The maximum Gasteiger partial charge on any atom is 0.124 e. The van der Waals surface area contributed by atoms with Crippen LogP contribution in [0.3, 0.4) is 0 Å². The van der Waals surface area contributed by atoms with Gasteiger partial charge in [0.15, 0.2) is 0 Å². The number of benzene rings is 1. The van der Waals surface area contributed by atoms with Gasteiger partial charge in [0, 0.05) is 11.6 Å². The van der Waals surface area contributed by atoms with Crippen molar-refractivity contribution in [2.75, 3.05) is 7.05 Å². The lowest BCUT2D eigenvalue weighted by Crippen LogP contribution is -2.15. The molecule has 2 nitrogen and oxygen atoms in total. The molecule has 0 fully saturated rings. The number of ether oxygens (including phenoxy) is 1. The minimum atomic E-state index is 0.222. The third-order valence-corrected chi connectivity index (χ3v) is 2.18. The average molecular weight is 193 g/mol. The first-order valence-corrected chi connectivity index (χ1v) is 5.08. The minimum Gasteiger partial charge on any atom is -0.491 e. The third kappa shape index (κ3) is 2.74. The van der Waals surface area contributed by atoms with E-state index in [1.54, 1.807) is 0 Å². The van der Waals surface area contributed by atoms with E-state index in [9.17, 15) is 0 Å². The van der Waals surface area contributed by atoms with Gasteiger partial charge in [-0.1, -0.05) is 18.2 Å². The molecule has 0 saturated heterocycles. The maximum absolute atomic E-state index is 5.73. The normalized spacial score (nSPS) is 12.9. The van der Waals surface area contributed by atoms with E-state index in [1.165, 1.54) is 5.56 Å². The molecule has 0 saturated carbocycles. The van der Waals surface area contributed by atoms with Crippen LogP contribution in [0.5, 0.6) is 5.75 Å². The summed E-state index contributed by atoms with van der Waals surface area (Å²) in [5.41, 5.74) is 1.21. The molecule has 0 aromatic heterocycles. The van der Waals surface area contributed by atoms with Crippen LogP contribution in [0.25, 0.3) is 0 Å².